The van der Waals surface area contributed by atoms with E-state index in [4.69, 9.17) is 0 Å². The van der Waals surface area contributed by atoms with E-state index in [0.29, 0.717) is 19.3 Å². The van der Waals surface area contributed by atoms with Crippen molar-refractivity contribution in [3.8, 4) is 0 Å². The van der Waals surface area contributed by atoms with Gasteiger partial charge in [0.2, 0.25) is 0 Å². The van der Waals surface area contributed by atoms with Crippen LogP contribution in [-0.4, -0.2) is 24.6 Å². The Kier molecular flexibility index (Phi) is 4.03. The van der Waals surface area contributed by atoms with E-state index in [2.05, 4.69) is 4.18 Å². The van der Waals surface area contributed by atoms with Crippen molar-refractivity contribution in [2.45, 2.75) is 56.1 Å². The lowest BCUT2D eigenvalue weighted by Gasteiger charge is -2.52. The fourth-order valence-corrected chi connectivity index (χ4v) is 4.92. The Morgan fingerprint density at radius 2 is 1.83 bits per heavy atom. The molecule has 4 aliphatic carbocycles. The van der Waals surface area contributed by atoms with Crippen molar-refractivity contribution in [3.63, 3.8) is 0 Å². The highest BCUT2D eigenvalue weighted by molar-refractivity contribution is 7.87. The van der Waals surface area contributed by atoms with E-state index in [0.717, 1.165) is 6.08 Å². The fraction of sp³-hybridized carbons (Fsp3) is 0.733. The van der Waals surface area contributed by atoms with Gasteiger partial charge in [-0.15, -0.1) is 0 Å². The summed E-state index contributed by atoms with van der Waals surface area (Å²) in [5.41, 5.74) is -8.05. The molecule has 0 radical (unpaired) electrons. The van der Waals surface area contributed by atoms with Crippen LogP contribution in [0.5, 0.6) is 0 Å². The van der Waals surface area contributed by atoms with Gasteiger partial charge in [-0.25, -0.2) is 4.39 Å². The minimum absolute atomic E-state index is 0.0297. The van der Waals surface area contributed by atoms with Crippen molar-refractivity contribution >= 4 is 10.1 Å². The number of aliphatic hydroxyl groups excluding tert-OH is 1. The smallest absolute Gasteiger partial charge is 0.513 e. The second-order valence-corrected chi connectivity index (χ2v) is 8.40. The summed E-state index contributed by atoms with van der Waals surface area (Å²) in [6.45, 7) is 0. The van der Waals surface area contributed by atoms with Crippen LogP contribution in [0.4, 0.5) is 17.6 Å². The van der Waals surface area contributed by atoms with Crippen LogP contribution in [-0.2, 0) is 14.3 Å². The summed E-state index contributed by atoms with van der Waals surface area (Å²) >= 11 is 0. The first-order valence-corrected chi connectivity index (χ1v) is 9.19. The molecule has 0 aromatic carbocycles. The second-order valence-electron chi connectivity index (χ2n) is 6.86. The van der Waals surface area contributed by atoms with Crippen LogP contribution in [0.15, 0.2) is 23.7 Å². The van der Waals surface area contributed by atoms with Crippen molar-refractivity contribution in [1.29, 1.82) is 0 Å². The van der Waals surface area contributed by atoms with Gasteiger partial charge in [-0.2, -0.15) is 21.6 Å². The predicted molar refractivity (Wildman–Crippen MR) is 76.9 cm³/mol. The molecule has 1 N–H and O–H groups in total. The molecule has 4 nitrogen and oxygen atoms in total. The molecule has 1 fully saturated rings. The molecule has 0 spiro atoms. The first-order valence-electron chi connectivity index (χ1n) is 7.78. The van der Waals surface area contributed by atoms with Crippen molar-refractivity contribution < 1.29 is 35.3 Å². The molecule has 4 aliphatic rings. The zero-order valence-electron chi connectivity index (χ0n) is 12.8. The molecular formula is C15H18F4O4S. The Labute approximate surface area is 137 Å². The number of rotatable bonds is 3. The zero-order chi connectivity index (χ0) is 17.8. The van der Waals surface area contributed by atoms with Crippen LogP contribution in [0.3, 0.4) is 0 Å². The van der Waals surface area contributed by atoms with Crippen LogP contribution >= 0.6 is 0 Å². The van der Waals surface area contributed by atoms with Crippen molar-refractivity contribution in [2.24, 2.45) is 11.3 Å². The largest absolute Gasteiger partial charge is 0.523 e. The van der Waals surface area contributed by atoms with Crippen LogP contribution in [0.2, 0.25) is 0 Å². The number of alkyl halides is 3. The molecule has 136 valence electrons. The maximum Gasteiger partial charge on any atom is 0.523 e. The topological polar surface area (TPSA) is 63.6 Å². The van der Waals surface area contributed by atoms with E-state index in [1.54, 1.807) is 6.08 Å². The van der Waals surface area contributed by atoms with Gasteiger partial charge in [0.1, 0.15) is 11.4 Å². The predicted octanol–water partition coefficient (Wildman–Crippen LogP) is 4.26. The van der Waals surface area contributed by atoms with Crippen LogP contribution in [0.1, 0.15) is 44.9 Å². The van der Waals surface area contributed by atoms with Crippen LogP contribution in [0, 0.1) is 11.3 Å². The van der Waals surface area contributed by atoms with E-state index in [1.807, 2.05) is 0 Å². The summed E-state index contributed by atoms with van der Waals surface area (Å²) in [6.07, 6.45) is 4.66. The quantitative estimate of drug-likeness (QED) is 0.458. The molecule has 24 heavy (non-hydrogen) atoms. The first kappa shape index (κ1) is 17.7. The van der Waals surface area contributed by atoms with Crippen LogP contribution < -0.4 is 0 Å². The van der Waals surface area contributed by atoms with Crippen molar-refractivity contribution in [1.82, 2.24) is 0 Å². The van der Waals surface area contributed by atoms with Crippen molar-refractivity contribution in [2.75, 3.05) is 0 Å². The maximum atomic E-state index is 14.8. The van der Waals surface area contributed by atoms with E-state index in [9.17, 15) is 31.1 Å². The Morgan fingerprint density at radius 1 is 1.21 bits per heavy atom. The van der Waals surface area contributed by atoms with E-state index < -0.39 is 32.5 Å². The summed E-state index contributed by atoms with van der Waals surface area (Å²) < 4.78 is 79.4. The fourth-order valence-electron chi connectivity index (χ4n) is 4.18. The Morgan fingerprint density at radius 3 is 2.29 bits per heavy atom. The highest BCUT2D eigenvalue weighted by Gasteiger charge is 2.58. The van der Waals surface area contributed by atoms with E-state index in [1.165, 1.54) is 0 Å². The van der Waals surface area contributed by atoms with Gasteiger partial charge in [-0.3, -0.25) is 4.18 Å². The zero-order valence-corrected chi connectivity index (χ0v) is 13.6. The highest BCUT2D eigenvalue weighted by Crippen LogP contribution is 2.60. The summed E-state index contributed by atoms with van der Waals surface area (Å²) in [7, 11) is -5.77. The number of aliphatic hydroxyl groups is 1. The van der Waals surface area contributed by atoms with Gasteiger partial charge in [0.15, 0.2) is 0 Å². The SMILES string of the molecule is O=S(=O)(OC12C=C(F)C(C3CC=C(O)CC3)(CC1)CC2)C(F)(F)F. The third-order valence-corrected chi connectivity index (χ3v) is 6.70. The van der Waals surface area contributed by atoms with E-state index >= 15 is 0 Å². The molecule has 1 unspecified atom stereocenters. The van der Waals surface area contributed by atoms with Crippen LogP contribution in [0.25, 0.3) is 0 Å². The maximum absolute atomic E-state index is 14.8. The number of allylic oxidation sites excluding steroid dienone is 3. The first-order chi connectivity index (χ1) is 11.0. The molecule has 0 aliphatic heterocycles. The molecule has 1 atom stereocenters. The van der Waals surface area contributed by atoms with E-state index in [-0.39, 0.29) is 37.4 Å². The summed E-state index contributed by atoms with van der Waals surface area (Å²) in [4.78, 5) is 0. The third-order valence-electron chi connectivity index (χ3n) is 5.58. The Balaban J connectivity index is 1.86. The number of hydrogen-bond acceptors (Lipinski definition) is 4. The Hall–Kier alpha value is -1.09. The molecule has 2 bridgehead atoms. The van der Waals surface area contributed by atoms with Gasteiger partial charge < -0.3 is 5.11 Å². The molecule has 0 saturated heterocycles. The molecule has 0 aromatic heterocycles. The lowest BCUT2D eigenvalue weighted by Crippen LogP contribution is -2.50. The molecule has 0 heterocycles. The molecule has 0 aromatic rings. The highest BCUT2D eigenvalue weighted by atomic mass is 32.2. The minimum atomic E-state index is -5.77. The van der Waals surface area contributed by atoms with Crippen molar-refractivity contribution in [3.05, 3.63) is 23.7 Å². The summed E-state index contributed by atoms with van der Waals surface area (Å²) in [5.74, 6) is -0.369. The molecular weight excluding hydrogens is 352 g/mol. The second kappa shape index (κ2) is 5.45. The molecule has 0 amide bonds. The number of hydrogen-bond donors (Lipinski definition) is 1. The van der Waals surface area contributed by atoms with Gasteiger partial charge in [0, 0.05) is 11.8 Å². The summed E-state index contributed by atoms with van der Waals surface area (Å²) in [5, 5.41) is 9.46. The number of fused-ring (bicyclic) bond motifs is 2. The third kappa shape index (κ3) is 2.75. The van der Waals surface area contributed by atoms with Gasteiger partial charge in [-0.1, -0.05) is 0 Å². The molecule has 9 heteroatoms. The minimum Gasteiger partial charge on any atom is -0.513 e. The average molecular weight is 370 g/mol. The molecule has 4 rings (SSSR count). The monoisotopic (exact) mass is 370 g/mol. The Bertz CT molecular complexity index is 685. The summed E-state index contributed by atoms with van der Waals surface area (Å²) in [6, 6.07) is 0. The van der Waals surface area contributed by atoms with Gasteiger partial charge in [0.05, 0.1) is 5.76 Å². The lowest BCUT2D eigenvalue weighted by atomic mass is 9.55. The average Bonchev–Trinajstić information content (AvgIpc) is 2.47. The normalized spacial score (nSPS) is 37.1. The molecule has 1 saturated carbocycles. The van der Waals surface area contributed by atoms with Gasteiger partial charge >= 0.3 is 15.6 Å². The lowest BCUT2D eigenvalue weighted by molar-refractivity contribution is -0.0752. The number of halogens is 4. The van der Waals surface area contributed by atoms with Gasteiger partial charge in [0.25, 0.3) is 0 Å². The standard InChI is InChI=1S/C15H18F4O4S/c16-12-9-13(23-24(21,22)15(17,18)19)5-7-14(12,8-6-13)10-1-3-11(20)4-2-10/h3,9-10,20H,1-2,4-8H2. The van der Waals surface area contributed by atoms with Gasteiger partial charge in [-0.05, 0) is 56.6 Å².